The second-order valence-electron chi connectivity index (χ2n) is 5.21. The molecule has 2 rings (SSSR count). The molecule has 0 aliphatic carbocycles. The van der Waals surface area contributed by atoms with Crippen LogP contribution < -0.4 is 10.6 Å². The van der Waals surface area contributed by atoms with Crippen LogP contribution in [0.15, 0.2) is 24.3 Å². The molecule has 0 bridgehead atoms. The Balaban J connectivity index is 1.67. The normalized spacial score (nSPS) is 19.2. The zero-order valence-electron chi connectivity index (χ0n) is 11.9. The van der Waals surface area contributed by atoms with Crippen LogP contribution in [0.2, 0.25) is 5.02 Å². The highest BCUT2D eigenvalue weighted by atomic mass is 35.5. The lowest BCUT2D eigenvalue weighted by molar-refractivity contribution is -0.115. The summed E-state index contributed by atoms with van der Waals surface area (Å²) in [6.07, 6.45) is 1.22. The molecule has 1 aliphatic rings. The summed E-state index contributed by atoms with van der Waals surface area (Å²) in [5, 5.41) is 6.61. The molecule has 20 heavy (non-hydrogen) atoms. The van der Waals surface area contributed by atoms with E-state index in [0.717, 1.165) is 19.6 Å². The number of rotatable bonds is 6. The molecular formula is C15H22ClN3O. The first-order valence-electron chi connectivity index (χ1n) is 7.16. The third-order valence-corrected chi connectivity index (χ3v) is 4.01. The van der Waals surface area contributed by atoms with Crippen molar-refractivity contribution in [1.29, 1.82) is 0 Å². The van der Waals surface area contributed by atoms with Gasteiger partial charge < -0.3 is 15.5 Å². The number of hydrogen-bond acceptors (Lipinski definition) is 3. The predicted octanol–water partition coefficient (Wildman–Crippen LogP) is 2.21. The number of nitrogens with one attached hydrogen (secondary N) is 2. The van der Waals surface area contributed by atoms with E-state index in [9.17, 15) is 4.79 Å². The van der Waals surface area contributed by atoms with Gasteiger partial charge in [0.15, 0.2) is 0 Å². The molecule has 1 fully saturated rings. The van der Waals surface area contributed by atoms with Crippen LogP contribution in [0.25, 0.3) is 0 Å². The zero-order chi connectivity index (χ0) is 14.4. The smallest absolute Gasteiger partial charge is 0.238 e. The highest BCUT2D eigenvalue weighted by molar-refractivity contribution is 6.33. The number of nitrogens with zero attached hydrogens (tertiary/aromatic N) is 1. The summed E-state index contributed by atoms with van der Waals surface area (Å²) in [6, 6.07) is 7.27. The zero-order valence-corrected chi connectivity index (χ0v) is 12.6. The lowest BCUT2D eigenvalue weighted by Crippen LogP contribution is -2.32. The first-order chi connectivity index (χ1) is 9.69. The summed E-state index contributed by atoms with van der Waals surface area (Å²) in [6.45, 7) is 6.83. The van der Waals surface area contributed by atoms with E-state index in [1.54, 1.807) is 12.1 Å². The Morgan fingerprint density at radius 3 is 2.95 bits per heavy atom. The molecule has 0 saturated carbocycles. The Bertz CT molecular complexity index is 452. The fourth-order valence-electron chi connectivity index (χ4n) is 2.51. The predicted molar refractivity (Wildman–Crippen MR) is 83.2 cm³/mol. The van der Waals surface area contributed by atoms with Crippen LogP contribution in [0.1, 0.15) is 13.3 Å². The van der Waals surface area contributed by atoms with Gasteiger partial charge in [0.05, 0.1) is 17.3 Å². The Kier molecular flexibility index (Phi) is 5.83. The molecule has 1 aliphatic heterocycles. The van der Waals surface area contributed by atoms with Gasteiger partial charge in [-0.25, -0.2) is 0 Å². The average Bonchev–Trinajstić information content (AvgIpc) is 2.89. The molecule has 5 heteroatoms. The van der Waals surface area contributed by atoms with Crippen molar-refractivity contribution < 1.29 is 4.79 Å². The van der Waals surface area contributed by atoms with Crippen LogP contribution in [-0.4, -0.2) is 43.5 Å². The van der Waals surface area contributed by atoms with Crippen molar-refractivity contribution in [3.8, 4) is 0 Å². The van der Waals surface area contributed by atoms with Crippen LogP contribution >= 0.6 is 11.6 Å². The molecule has 1 aromatic carbocycles. The Morgan fingerprint density at radius 2 is 2.25 bits per heavy atom. The minimum Gasteiger partial charge on any atom is -0.324 e. The number of amides is 1. The monoisotopic (exact) mass is 295 g/mol. The topological polar surface area (TPSA) is 44.4 Å². The molecule has 1 heterocycles. The maximum atomic E-state index is 11.8. The number of likely N-dealkylation sites (tertiary alicyclic amines) is 1. The van der Waals surface area contributed by atoms with E-state index in [1.165, 1.54) is 13.0 Å². The SMILES string of the molecule is CCN1CCC(CNCC(=O)Nc2ccccc2Cl)C1. The summed E-state index contributed by atoms with van der Waals surface area (Å²) in [5.41, 5.74) is 0.666. The fraction of sp³-hybridized carbons (Fsp3) is 0.533. The number of benzene rings is 1. The van der Waals surface area contributed by atoms with E-state index < -0.39 is 0 Å². The van der Waals surface area contributed by atoms with E-state index >= 15 is 0 Å². The van der Waals surface area contributed by atoms with Gasteiger partial charge in [-0.2, -0.15) is 0 Å². The van der Waals surface area contributed by atoms with Gasteiger partial charge in [0.25, 0.3) is 0 Å². The Hall–Kier alpha value is -1.10. The number of para-hydroxylation sites is 1. The molecule has 0 radical (unpaired) electrons. The number of carbonyl (C=O) groups excluding carboxylic acids is 1. The second-order valence-corrected chi connectivity index (χ2v) is 5.61. The highest BCUT2D eigenvalue weighted by Gasteiger charge is 2.20. The van der Waals surface area contributed by atoms with Gasteiger partial charge in [0.1, 0.15) is 0 Å². The Labute approximate surface area is 125 Å². The highest BCUT2D eigenvalue weighted by Crippen LogP contribution is 2.20. The van der Waals surface area contributed by atoms with E-state index in [2.05, 4.69) is 22.5 Å². The van der Waals surface area contributed by atoms with Gasteiger partial charge in [0, 0.05) is 6.54 Å². The van der Waals surface area contributed by atoms with E-state index in [1.807, 2.05) is 12.1 Å². The molecule has 2 N–H and O–H groups in total. The van der Waals surface area contributed by atoms with Crippen molar-refractivity contribution in [3.05, 3.63) is 29.3 Å². The Morgan fingerprint density at radius 1 is 1.45 bits per heavy atom. The van der Waals surface area contributed by atoms with Crippen molar-refractivity contribution >= 4 is 23.2 Å². The van der Waals surface area contributed by atoms with Gasteiger partial charge >= 0.3 is 0 Å². The summed E-state index contributed by atoms with van der Waals surface area (Å²) >= 11 is 6.00. The average molecular weight is 296 g/mol. The fourth-order valence-corrected chi connectivity index (χ4v) is 2.70. The maximum absolute atomic E-state index is 11.8. The van der Waals surface area contributed by atoms with Gasteiger partial charge in [-0.1, -0.05) is 30.7 Å². The summed E-state index contributed by atoms with van der Waals surface area (Å²) in [5.74, 6) is 0.603. The van der Waals surface area contributed by atoms with Crippen LogP contribution in [0, 0.1) is 5.92 Å². The molecule has 4 nitrogen and oxygen atoms in total. The lowest BCUT2D eigenvalue weighted by Gasteiger charge is -2.13. The van der Waals surface area contributed by atoms with Gasteiger partial charge in [0.2, 0.25) is 5.91 Å². The molecule has 0 spiro atoms. The van der Waals surface area contributed by atoms with E-state index in [0.29, 0.717) is 23.2 Å². The third-order valence-electron chi connectivity index (χ3n) is 3.68. The van der Waals surface area contributed by atoms with Crippen molar-refractivity contribution in [3.63, 3.8) is 0 Å². The number of carbonyl (C=O) groups is 1. The first kappa shape index (κ1) is 15.3. The molecule has 1 atom stereocenters. The molecule has 1 saturated heterocycles. The minimum atomic E-state index is -0.0524. The van der Waals surface area contributed by atoms with Crippen LogP contribution in [0.3, 0.4) is 0 Å². The third kappa shape index (κ3) is 4.47. The quantitative estimate of drug-likeness (QED) is 0.846. The summed E-state index contributed by atoms with van der Waals surface area (Å²) in [4.78, 5) is 14.3. The molecular weight excluding hydrogens is 274 g/mol. The van der Waals surface area contributed by atoms with E-state index in [4.69, 9.17) is 11.6 Å². The lowest BCUT2D eigenvalue weighted by atomic mass is 10.1. The van der Waals surface area contributed by atoms with Crippen LogP contribution in [0.4, 0.5) is 5.69 Å². The minimum absolute atomic E-state index is 0.0524. The standard InChI is InChI=1S/C15H22ClN3O/c1-2-19-8-7-12(11-19)9-17-10-15(20)18-14-6-4-3-5-13(14)16/h3-6,12,17H,2,7-11H2,1H3,(H,18,20). The summed E-state index contributed by atoms with van der Waals surface area (Å²) in [7, 11) is 0. The van der Waals surface area contributed by atoms with Crippen LogP contribution in [-0.2, 0) is 4.79 Å². The second kappa shape index (κ2) is 7.62. The van der Waals surface area contributed by atoms with Crippen LogP contribution in [0.5, 0.6) is 0 Å². The molecule has 0 aromatic heterocycles. The maximum Gasteiger partial charge on any atom is 0.238 e. The number of anilines is 1. The number of halogens is 1. The van der Waals surface area contributed by atoms with Gasteiger partial charge in [-0.15, -0.1) is 0 Å². The molecule has 1 aromatic rings. The first-order valence-corrected chi connectivity index (χ1v) is 7.54. The van der Waals surface area contributed by atoms with Gasteiger partial charge in [-0.05, 0) is 44.1 Å². The largest absolute Gasteiger partial charge is 0.324 e. The summed E-state index contributed by atoms with van der Waals surface area (Å²) < 4.78 is 0. The molecule has 110 valence electrons. The van der Waals surface area contributed by atoms with Crippen molar-refractivity contribution in [1.82, 2.24) is 10.2 Å². The van der Waals surface area contributed by atoms with Crippen molar-refractivity contribution in [2.75, 3.05) is 38.0 Å². The van der Waals surface area contributed by atoms with E-state index in [-0.39, 0.29) is 5.91 Å². The molecule has 1 amide bonds. The number of hydrogen-bond donors (Lipinski definition) is 2. The van der Waals surface area contributed by atoms with Crippen molar-refractivity contribution in [2.24, 2.45) is 5.92 Å². The van der Waals surface area contributed by atoms with Crippen molar-refractivity contribution in [2.45, 2.75) is 13.3 Å². The van der Waals surface area contributed by atoms with Gasteiger partial charge in [-0.3, -0.25) is 4.79 Å². The molecule has 1 unspecified atom stereocenters.